The molecule has 1 N–H and O–H groups in total. The minimum absolute atomic E-state index is 0.104. The van der Waals surface area contributed by atoms with Gasteiger partial charge in [0, 0.05) is 4.90 Å². The van der Waals surface area contributed by atoms with Gasteiger partial charge in [-0.15, -0.1) is 11.8 Å². The molecule has 2 aromatic rings. The summed E-state index contributed by atoms with van der Waals surface area (Å²) in [6.45, 7) is 7.71. The van der Waals surface area contributed by atoms with E-state index in [4.69, 9.17) is 0 Å². The van der Waals surface area contributed by atoms with Gasteiger partial charge in [-0.25, -0.2) is 8.42 Å². The van der Waals surface area contributed by atoms with Gasteiger partial charge >= 0.3 is 0 Å². The van der Waals surface area contributed by atoms with Gasteiger partial charge in [-0.2, -0.15) is 0 Å². The summed E-state index contributed by atoms with van der Waals surface area (Å²) < 4.78 is 25.1. The molecule has 0 saturated heterocycles. The first-order chi connectivity index (χ1) is 13.2. The Kier molecular flexibility index (Phi) is 7.72. The fourth-order valence-corrected chi connectivity index (χ4v) is 5.80. The molecule has 0 fully saturated rings. The van der Waals surface area contributed by atoms with Crippen molar-refractivity contribution in [3.8, 4) is 0 Å². The number of sulfone groups is 1. The Hall–Kier alpha value is -1.79. The number of hydrogen-bond donors (Lipinski definition) is 1. The summed E-state index contributed by atoms with van der Waals surface area (Å²) in [5.74, 6) is -0.00605. The predicted octanol–water partition coefficient (Wildman–Crippen LogP) is 4.79. The summed E-state index contributed by atoms with van der Waals surface area (Å²) in [6.07, 6.45) is 1.31. The van der Waals surface area contributed by atoms with Crippen molar-refractivity contribution in [2.45, 2.75) is 61.1 Å². The zero-order valence-electron chi connectivity index (χ0n) is 16.9. The number of benzene rings is 2. The van der Waals surface area contributed by atoms with E-state index in [2.05, 4.69) is 5.32 Å². The Morgan fingerprint density at radius 2 is 1.68 bits per heavy atom. The second kappa shape index (κ2) is 9.61. The van der Waals surface area contributed by atoms with Crippen molar-refractivity contribution >= 4 is 27.5 Å². The number of carbonyl (C=O) groups excluding carboxylic acids is 1. The summed E-state index contributed by atoms with van der Waals surface area (Å²) in [7, 11) is -3.35. The highest BCUT2D eigenvalue weighted by Gasteiger charge is 2.29. The minimum atomic E-state index is -3.35. The van der Waals surface area contributed by atoms with Crippen molar-refractivity contribution in [2.24, 2.45) is 0 Å². The Labute approximate surface area is 173 Å². The van der Waals surface area contributed by atoms with Crippen molar-refractivity contribution in [2.75, 3.05) is 5.75 Å². The quantitative estimate of drug-likeness (QED) is 0.594. The molecule has 0 aliphatic heterocycles. The van der Waals surface area contributed by atoms with E-state index in [1.807, 2.05) is 58.0 Å². The number of carbonyl (C=O) groups is 1. The van der Waals surface area contributed by atoms with E-state index in [0.717, 1.165) is 12.0 Å². The molecular weight excluding hydrogens is 390 g/mol. The zero-order valence-corrected chi connectivity index (χ0v) is 18.6. The van der Waals surface area contributed by atoms with Crippen LogP contribution in [-0.4, -0.2) is 25.3 Å². The van der Waals surface area contributed by atoms with E-state index in [0.29, 0.717) is 16.2 Å². The molecule has 6 heteroatoms. The second-order valence-electron chi connectivity index (χ2n) is 7.07. The minimum Gasteiger partial charge on any atom is -0.346 e. The van der Waals surface area contributed by atoms with Crippen molar-refractivity contribution in [1.82, 2.24) is 5.32 Å². The number of thioether (sulfide) groups is 1. The third-order valence-electron chi connectivity index (χ3n) is 4.85. The van der Waals surface area contributed by atoms with Gasteiger partial charge in [0.1, 0.15) is 0 Å². The molecule has 4 nitrogen and oxygen atoms in total. The Bertz CT molecular complexity index is 897. The van der Waals surface area contributed by atoms with E-state index >= 15 is 0 Å². The summed E-state index contributed by atoms with van der Waals surface area (Å²) >= 11 is 1.29. The smallest absolute Gasteiger partial charge is 0.233 e. The van der Waals surface area contributed by atoms with E-state index in [-0.39, 0.29) is 11.7 Å². The molecule has 0 heterocycles. The standard InChI is InChI=1S/C22H29NO3S2/c1-5-16-28(25,26)20-15-11-10-14-19(20)27-17(3)21(24)23-22(4,6-2)18-12-8-7-9-13-18/h7-15,17H,5-6,16H2,1-4H3,(H,23,24). The number of rotatable bonds is 9. The first-order valence-corrected chi connectivity index (χ1v) is 12.1. The van der Waals surface area contributed by atoms with Gasteiger partial charge < -0.3 is 5.32 Å². The van der Waals surface area contributed by atoms with Crippen LogP contribution in [0.1, 0.15) is 46.1 Å². The van der Waals surface area contributed by atoms with Crippen molar-refractivity contribution in [3.05, 3.63) is 60.2 Å². The van der Waals surface area contributed by atoms with Crippen molar-refractivity contribution in [3.63, 3.8) is 0 Å². The lowest BCUT2D eigenvalue weighted by Gasteiger charge is -2.31. The molecule has 152 valence electrons. The molecule has 0 aliphatic rings. The average molecular weight is 420 g/mol. The molecule has 1 amide bonds. The van der Waals surface area contributed by atoms with Gasteiger partial charge in [-0.3, -0.25) is 4.79 Å². The van der Waals surface area contributed by atoms with E-state index in [9.17, 15) is 13.2 Å². The van der Waals surface area contributed by atoms with Gasteiger partial charge in [0.25, 0.3) is 0 Å². The van der Waals surface area contributed by atoms with Gasteiger partial charge in [0.15, 0.2) is 9.84 Å². The fourth-order valence-electron chi connectivity index (χ4n) is 2.97. The largest absolute Gasteiger partial charge is 0.346 e. The van der Waals surface area contributed by atoms with Crippen LogP contribution in [0, 0.1) is 0 Å². The molecule has 2 rings (SSSR count). The highest BCUT2D eigenvalue weighted by Crippen LogP contribution is 2.32. The monoisotopic (exact) mass is 419 g/mol. The molecule has 2 aromatic carbocycles. The highest BCUT2D eigenvalue weighted by atomic mass is 32.2. The first kappa shape index (κ1) is 22.5. The molecule has 0 bridgehead atoms. The summed E-state index contributed by atoms with van der Waals surface area (Å²) in [4.78, 5) is 13.8. The van der Waals surface area contributed by atoms with E-state index < -0.39 is 20.6 Å². The third-order valence-corrected chi connectivity index (χ3v) is 8.13. The molecule has 28 heavy (non-hydrogen) atoms. The third kappa shape index (κ3) is 5.39. The molecule has 2 unspecified atom stereocenters. The summed E-state index contributed by atoms with van der Waals surface area (Å²) in [6, 6.07) is 16.8. The van der Waals surface area contributed by atoms with Crippen molar-refractivity contribution < 1.29 is 13.2 Å². The van der Waals surface area contributed by atoms with Crippen LogP contribution in [0.2, 0.25) is 0 Å². The zero-order chi connectivity index (χ0) is 20.8. The van der Waals surface area contributed by atoms with Crippen LogP contribution in [-0.2, 0) is 20.2 Å². The van der Waals surface area contributed by atoms with Gasteiger partial charge in [-0.1, -0.05) is 56.3 Å². The average Bonchev–Trinajstić information content (AvgIpc) is 2.68. The maximum Gasteiger partial charge on any atom is 0.233 e. The lowest BCUT2D eigenvalue weighted by Crippen LogP contribution is -2.46. The molecule has 0 aromatic heterocycles. The predicted molar refractivity (Wildman–Crippen MR) is 116 cm³/mol. The van der Waals surface area contributed by atoms with Crippen LogP contribution in [0.15, 0.2) is 64.4 Å². The maximum atomic E-state index is 12.9. The molecule has 0 radical (unpaired) electrons. The molecule has 0 spiro atoms. The molecule has 0 saturated carbocycles. The second-order valence-corrected chi connectivity index (χ2v) is 10.5. The van der Waals surface area contributed by atoms with Crippen LogP contribution in [0.5, 0.6) is 0 Å². The van der Waals surface area contributed by atoms with E-state index in [1.54, 1.807) is 24.3 Å². The van der Waals surface area contributed by atoms with Gasteiger partial charge in [0.2, 0.25) is 5.91 Å². The van der Waals surface area contributed by atoms with Crippen molar-refractivity contribution in [1.29, 1.82) is 0 Å². The van der Waals surface area contributed by atoms with Crippen LogP contribution in [0.3, 0.4) is 0 Å². The topological polar surface area (TPSA) is 63.2 Å². The highest BCUT2D eigenvalue weighted by molar-refractivity contribution is 8.01. The molecule has 0 aliphatic carbocycles. The van der Waals surface area contributed by atoms with Gasteiger partial charge in [0.05, 0.1) is 21.4 Å². The summed E-state index contributed by atoms with van der Waals surface area (Å²) in [5.41, 5.74) is 0.579. The van der Waals surface area contributed by atoms with Crippen LogP contribution >= 0.6 is 11.8 Å². The summed E-state index contributed by atoms with van der Waals surface area (Å²) in [5, 5.41) is 2.73. The lowest BCUT2D eigenvalue weighted by atomic mass is 9.89. The Morgan fingerprint density at radius 1 is 1.07 bits per heavy atom. The first-order valence-electron chi connectivity index (χ1n) is 9.59. The Morgan fingerprint density at radius 3 is 2.29 bits per heavy atom. The number of hydrogen-bond acceptors (Lipinski definition) is 4. The fraction of sp³-hybridized carbons (Fsp3) is 0.409. The molecular formula is C22H29NO3S2. The maximum absolute atomic E-state index is 12.9. The normalized spacial score (nSPS) is 14.9. The van der Waals surface area contributed by atoms with Gasteiger partial charge in [-0.05, 0) is 44.4 Å². The lowest BCUT2D eigenvalue weighted by molar-refractivity contribution is -0.122. The van der Waals surface area contributed by atoms with Crippen LogP contribution < -0.4 is 5.32 Å². The number of amides is 1. The Balaban J connectivity index is 2.20. The number of nitrogens with one attached hydrogen (secondary N) is 1. The SMILES string of the molecule is CCCS(=O)(=O)c1ccccc1SC(C)C(=O)NC(C)(CC)c1ccccc1. The van der Waals surface area contributed by atoms with Crippen LogP contribution in [0.4, 0.5) is 0 Å². The molecule has 2 atom stereocenters. The van der Waals surface area contributed by atoms with Crippen LogP contribution in [0.25, 0.3) is 0 Å². The van der Waals surface area contributed by atoms with E-state index in [1.165, 1.54) is 11.8 Å².